The van der Waals surface area contributed by atoms with E-state index in [4.69, 9.17) is 10.8 Å². The molecule has 0 fully saturated rings. The number of nitrogens with one attached hydrogen (secondary N) is 1. The minimum atomic E-state index is -1.02. The number of aromatic nitrogens is 2. The predicted octanol–water partition coefficient (Wildman–Crippen LogP) is 1.50. The largest absolute Gasteiger partial charge is 0.478 e. The molecule has 0 spiro atoms. The number of hydrogen-bond acceptors (Lipinski definition) is 5. The van der Waals surface area contributed by atoms with Gasteiger partial charge in [-0.2, -0.15) is 0 Å². The number of carboxylic acid groups (broad SMARTS) is 1. The van der Waals surface area contributed by atoms with Crippen LogP contribution in [0.2, 0.25) is 0 Å². The van der Waals surface area contributed by atoms with Crippen molar-refractivity contribution in [2.45, 2.75) is 0 Å². The van der Waals surface area contributed by atoms with Gasteiger partial charge in [-0.3, -0.25) is 0 Å². The van der Waals surface area contributed by atoms with E-state index >= 15 is 0 Å². The van der Waals surface area contributed by atoms with Crippen molar-refractivity contribution >= 4 is 23.0 Å². The molecule has 0 aliphatic heterocycles. The van der Waals surface area contributed by atoms with Crippen molar-refractivity contribution in [3.05, 3.63) is 42.5 Å². The number of nitrogens with two attached hydrogens (primary N) is 1. The molecule has 6 nitrogen and oxygen atoms in total. The summed E-state index contributed by atoms with van der Waals surface area (Å²) in [6.07, 6.45) is 4.48. The molecule has 1 aromatic heterocycles. The summed E-state index contributed by atoms with van der Waals surface area (Å²) in [7, 11) is 0. The zero-order chi connectivity index (χ0) is 12.3. The molecule has 0 aliphatic rings. The van der Waals surface area contributed by atoms with Crippen molar-refractivity contribution in [2.75, 3.05) is 11.1 Å². The summed E-state index contributed by atoms with van der Waals surface area (Å²) < 4.78 is 0. The Hall–Kier alpha value is -2.63. The highest BCUT2D eigenvalue weighted by atomic mass is 16.4. The standard InChI is InChI=1S/C11H10N4O2/c12-7-1-2-9(11(16)17)10(3-7)15-8-4-13-6-14-5-8/h1-6,15H,12H2,(H,16,17). The Morgan fingerprint density at radius 2 is 2.00 bits per heavy atom. The Bertz CT molecular complexity index is 542. The molecular weight excluding hydrogens is 220 g/mol. The Balaban J connectivity index is 2.37. The van der Waals surface area contributed by atoms with E-state index in [9.17, 15) is 4.79 Å². The molecule has 1 aromatic carbocycles. The smallest absolute Gasteiger partial charge is 0.337 e. The zero-order valence-corrected chi connectivity index (χ0v) is 8.79. The first kappa shape index (κ1) is 10.9. The number of carboxylic acids is 1. The molecule has 86 valence electrons. The fourth-order valence-electron chi connectivity index (χ4n) is 1.37. The van der Waals surface area contributed by atoms with Gasteiger partial charge in [0.2, 0.25) is 0 Å². The molecule has 0 amide bonds. The van der Waals surface area contributed by atoms with Gasteiger partial charge in [-0.05, 0) is 18.2 Å². The third-order valence-corrected chi connectivity index (χ3v) is 2.11. The van der Waals surface area contributed by atoms with Gasteiger partial charge in [-0.1, -0.05) is 0 Å². The van der Waals surface area contributed by atoms with Crippen LogP contribution in [0.1, 0.15) is 10.4 Å². The number of aromatic carboxylic acids is 1. The maximum atomic E-state index is 11.0. The van der Waals surface area contributed by atoms with Gasteiger partial charge in [0.05, 0.1) is 29.3 Å². The first-order valence-electron chi connectivity index (χ1n) is 4.81. The van der Waals surface area contributed by atoms with Gasteiger partial charge < -0.3 is 16.2 Å². The summed E-state index contributed by atoms with van der Waals surface area (Å²) in [4.78, 5) is 18.7. The van der Waals surface area contributed by atoms with E-state index in [1.54, 1.807) is 18.5 Å². The van der Waals surface area contributed by atoms with Gasteiger partial charge in [0.15, 0.2) is 0 Å². The molecule has 0 aliphatic carbocycles. The van der Waals surface area contributed by atoms with Gasteiger partial charge in [-0.15, -0.1) is 0 Å². The zero-order valence-electron chi connectivity index (χ0n) is 8.79. The molecule has 0 unspecified atom stereocenters. The van der Waals surface area contributed by atoms with E-state index in [0.717, 1.165) is 0 Å². The average Bonchev–Trinajstić information content (AvgIpc) is 2.30. The molecule has 0 saturated heterocycles. The van der Waals surface area contributed by atoms with Crippen LogP contribution in [0, 0.1) is 0 Å². The maximum absolute atomic E-state index is 11.0. The van der Waals surface area contributed by atoms with Gasteiger partial charge >= 0.3 is 5.97 Å². The van der Waals surface area contributed by atoms with E-state index in [0.29, 0.717) is 17.1 Å². The van der Waals surface area contributed by atoms with Crippen LogP contribution in [0.15, 0.2) is 36.9 Å². The van der Waals surface area contributed by atoms with Crippen molar-refractivity contribution in [1.29, 1.82) is 0 Å². The molecular formula is C11H10N4O2. The molecule has 0 saturated carbocycles. The summed E-state index contributed by atoms with van der Waals surface area (Å²) in [5.74, 6) is -1.02. The SMILES string of the molecule is Nc1ccc(C(=O)O)c(Nc2cncnc2)c1. The highest BCUT2D eigenvalue weighted by Gasteiger charge is 2.10. The monoisotopic (exact) mass is 230 g/mol. The van der Waals surface area contributed by atoms with E-state index in [2.05, 4.69) is 15.3 Å². The van der Waals surface area contributed by atoms with Crippen LogP contribution in [0.25, 0.3) is 0 Å². The van der Waals surface area contributed by atoms with Crippen molar-refractivity contribution < 1.29 is 9.90 Å². The Kier molecular flexibility index (Phi) is 2.87. The number of benzene rings is 1. The molecule has 6 heteroatoms. The fourth-order valence-corrected chi connectivity index (χ4v) is 1.37. The van der Waals surface area contributed by atoms with Crippen molar-refractivity contribution in [3.63, 3.8) is 0 Å². The highest BCUT2D eigenvalue weighted by Crippen LogP contribution is 2.22. The summed E-state index contributed by atoms with van der Waals surface area (Å²) in [5, 5.41) is 11.9. The van der Waals surface area contributed by atoms with Crippen LogP contribution in [0.4, 0.5) is 17.1 Å². The molecule has 0 radical (unpaired) electrons. The highest BCUT2D eigenvalue weighted by molar-refractivity contribution is 5.95. The molecule has 2 rings (SSSR count). The Morgan fingerprint density at radius 3 is 2.65 bits per heavy atom. The van der Waals surface area contributed by atoms with Gasteiger partial charge in [0.25, 0.3) is 0 Å². The maximum Gasteiger partial charge on any atom is 0.337 e. The van der Waals surface area contributed by atoms with Crippen molar-refractivity contribution in [2.24, 2.45) is 0 Å². The number of carbonyl (C=O) groups is 1. The predicted molar refractivity (Wildman–Crippen MR) is 63.1 cm³/mol. The normalized spacial score (nSPS) is 9.88. The minimum absolute atomic E-state index is 0.142. The van der Waals surface area contributed by atoms with Crippen molar-refractivity contribution in [3.8, 4) is 0 Å². The van der Waals surface area contributed by atoms with Crippen LogP contribution in [0.3, 0.4) is 0 Å². The van der Waals surface area contributed by atoms with Crippen LogP contribution >= 0.6 is 0 Å². The number of rotatable bonds is 3. The topological polar surface area (TPSA) is 101 Å². The second-order valence-corrected chi connectivity index (χ2v) is 3.36. The summed E-state index contributed by atoms with van der Waals surface area (Å²) in [5.41, 5.74) is 7.25. The lowest BCUT2D eigenvalue weighted by Gasteiger charge is -2.09. The summed E-state index contributed by atoms with van der Waals surface area (Å²) in [6.45, 7) is 0. The van der Waals surface area contributed by atoms with E-state index in [1.165, 1.54) is 18.5 Å². The first-order valence-corrected chi connectivity index (χ1v) is 4.81. The lowest BCUT2D eigenvalue weighted by atomic mass is 10.1. The summed E-state index contributed by atoms with van der Waals surface area (Å²) in [6, 6.07) is 4.54. The third kappa shape index (κ3) is 2.49. The molecule has 2 aromatic rings. The van der Waals surface area contributed by atoms with Crippen LogP contribution in [-0.2, 0) is 0 Å². The molecule has 0 atom stereocenters. The van der Waals surface area contributed by atoms with Gasteiger partial charge in [0.1, 0.15) is 6.33 Å². The second kappa shape index (κ2) is 4.48. The second-order valence-electron chi connectivity index (χ2n) is 3.36. The van der Waals surface area contributed by atoms with E-state index in [1.807, 2.05) is 0 Å². The first-order chi connectivity index (χ1) is 8.16. The average molecular weight is 230 g/mol. The lowest BCUT2D eigenvalue weighted by molar-refractivity contribution is 0.0698. The van der Waals surface area contributed by atoms with Gasteiger partial charge in [0, 0.05) is 5.69 Å². The Morgan fingerprint density at radius 1 is 1.29 bits per heavy atom. The number of hydrogen-bond donors (Lipinski definition) is 3. The van der Waals surface area contributed by atoms with Crippen LogP contribution < -0.4 is 11.1 Å². The summed E-state index contributed by atoms with van der Waals surface area (Å²) >= 11 is 0. The molecule has 4 N–H and O–H groups in total. The molecule has 17 heavy (non-hydrogen) atoms. The number of nitrogen functional groups attached to an aromatic ring is 1. The van der Waals surface area contributed by atoms with Gasteiger partial charge in [-0.25, -0.2) is 14.8 Å². The quantitative estimate of drug-likeness (QED) is 0.691. The van der Waals surface area contributed by atoms with Crippen LogP contribution in [0.5, 0.6) is 0 Å². The van der Waals surface area contributed by atoms with E-state index in [-0.39, 0.29) is 5.56 Å². The fraction of sp³-hybridized carbons (Fsp3) is 0. The molecule has 1 heterocycles. The minimum Gasteiger partial charge on any atom is -0.478 e. The Labute approximate surface area is 97.1 Å². The lowest BCUT2D eigenvalue weighted by Crippen LogP contribution is -2.03. The van der Waals surface area contributed by atoms with E-state index < -0.39 is 5.97 Å². The third-order valence-electron chi connectivity index (χ3n) is 2.11. The van der Waals surface area contributed by atoms with Crippen LogP contribution in [-0.4, -0.2) is 21.0 Å². The number of anilines is 3. The van der Waals surface area contributed by atoms with Crippen molar-refractivity contribution in [1.82, 2.24) is 9.97 Å². The number of nitrogens with zero attached hydrogens (tertiary/aromatic N) is 2. The molecule has 0 bridgehead atoms.